The molecule has 0 unspecified atom stereocenters. The van der Waals surface area contributed by atoms with Crippen LogP contribution >= 0.6 is 0 Å². The molecule has 0 saturated carbocycles. The molecule has 2 aromatic rings. The van der Waals surface area contributed by atoms with Crippen molar-refractivity contribution in [3.63, 3.8) is 0 Å². The molecule has 0 aliphatic heterocycles. The van der Waals surface area contributed by atoms with Crippen LogP contribution in [0, 0.1) is 0 Å². The predicted octanol–water partition coefficient (Wildman–Crippen LogP) is 4.65. The second-order valence-corrected chi connectivity index (χ2v) is 7.34. The number of aliphatic hydroxyl groups is 1. The molecular formula is C21H24F3NO5. The maximum atomic E-state index is 12.7. The number of rotatable bonds is 7. The molecule has 9 heteroatoms. The third-order valence-corrected chi connectivity index (χ3v) is 3.64. The van der Waals surface area contributed by atoms with Gasteiger partial charge in [-0.15, -0.1) is 13.2 Å². The lowest BCUT2D eigenvalue weighted by molar-refractivity contribution is -0.275. The molecule has 2 rings (SSSR count). The van der Waals surface area contributed by atoms with Gasteiger partial charge in [0, 0.05) is 0 Å². The number of hydrogen-bond acceptors (Lipinski definition) is 5. The van der Waals surface area contributed by atoms with Gasteiger partial charge in [-0.2, -0.15) is 0 Å². The Morgan fingerprint density at radius 2 is 1.73 bits per heavy atom. The summed E-state index contributed by atoms with van der Waals surface area (Å²) >= 11 is 0. The zero-order valence-electron chi connectivity index (χ0n) is 16.9. The zero-order valence-corrected chi connectivity index (χ0v) is 16.9. The van der Waals surface area contributed by atoms with Gasteiger partial charge in [0.2, 0.25) is 0 Å². The van der Waals surface area contributed by atoms with Crippen LogP contribution in [0.25, 0.3) is 11.1 Å². The van der Waals surface area contributed by atoms with Crippen LogP contribution in [0.3, 0.4) is 0 Å². The van der Waals surface area contributed by atoms with E-state index in [0.717, 1.165) is 6.07 Å². The van der Waals surface area contributed by atoms with Gasteiger partial charge in [0.25, 0.3) is 0 Å². The minimum atomic E-state index is -4.88. The van der Waals surface area contributed by atoms with Crippen molar-refractivity contribution in [1.82, 2.24) is 5.32 Å². The van der Waals surface area contributed by atoms with E-state index in [1.807, 2.05) is 0 Å². The molecule has 0 bridgehead atoms. The van der Waals surface area contributed by atoms with Crippen LogP contribution in [0.1, 0.15) is 26.3 Å². The fourth-order valence-electron chi connectivity index (χ4n) is 2.49. The van der Waals surface area contributed by atoms with Crippen molar-refractivity contribution < 1.29 is 37.3 Å². The molecule has 0 fully saturated rings. The smallest absolute Gasteiger partial charge is 0.488 e. The summed E-state index contributed by atoms with van der Waals surface area (Å²) in [6.45, 7) is 4.88. The average Bonchev–Trinajstić information content (AvgIpc) is 2.63. The number of aliphatic hydroxyl groups excluding tert-OH is 1. The van der Waals surface area contributed by atoms with Crippen LogP contribution in [0.2, 0.25) is 0 Å². The zero-order chi connectivity index (χ0) is 22.4. The molecule has 2 aromatic carbocycles. The standard InChI is InChI=1S/C21H24F3NO5/c1-20(2,3)30-19(27)25-9-10-28-18-12-16(7-8-17(18)29-21(22,23)24)15-6-4-5-14(11-15)13-26/h4-8,11-12,26H,9-10,13H2,1-3H3,(H,25,27). The van der Waals surface area contributed by atoms with Crippen molar-refractivity contribution in [3.05, 3.63) is 48.0 Å². The third kappa shape index (κ3) is 7.82. The molecule has 30 heavy (non-hydrogen) atoms. The number of carbonyl (C=O) groups is 1. The van der Waals surface area contributed by atoms with E-state index in [9.17, 15) is 23.1 Å². The predicted molar refractivity (Wildman–Crippen MR) is 104 cm³/mol. The fraction of sp³-hybridized carbons (Fsp3) is 0.381. The summed E-state index contributed by atoms with van der Waals surface area (Å²) in [5, 5.41) is 11.7. The monoisotopic (exact) mass is 427 g/mol. The van der Waals surface area contributed by atoms with Crippen molar-refractivity contribution in [1.29, 1.82) is 0 Å². The fourth-order valence-corrected chi connectivity index (χ4v) is 2.49. The van der Waals surface area contributed by atoms with Gasteiger partial charge in [-0.25, -0.2) is 4.79 Å². The van der Waals surface area contributed by atoms with Crippen LogP contribution in [-0.2, 0) is 11.3 Å². The molecule has 0 aliphatic carbocycles. The Bertz CT molecular complexity index is 862. The van der Waals surface area contributed by atoms with Crippen molar-refractivity contribution in [2.75, 3.05) is 13.2 Å². The van der Waals surface area contributed by atoms with E-state index in [1.54, 1.807) is 45.0 Å². The number of alkyl carbamates (subject to hydrolysis) is 1. The first kappa shape index (κ1) is 23.3. The van der Waals surface area contributed by atoms with E-state index in [-0.39, 0.29) is 25.5 Å². The second-order valence-electron chi connectivity index (χ2n) is 7.34. The first-order valence-electron chi connectivity index (χ1n) is 9.16. The highest BCUT2D eigenvalue weighted by Crippen LogP contribution is 2.36. The quantitative estimate of drug-likeness (QED) is 0.629. The Kier molecular flexibility index (Phi) is 7.55. The summed E-state index contributed by atoms with van der Waals surface area (Å²) in [5.74, 6) is -0.632. The highest BCUT2D eigenvalue weighted by atomic mass is 19.4. The normalized spacial score (nSPS) is 11.7. The minimum absolute atomic E-state index is 0.0184. The van der Waals surface area contributed by atoms with Crippen LogP contribution in [0.4, 0.5) is 18.0 Å². The molecule has 0 aliphatic rings. The summed E-state index contributed by atoms with van der Waals surface area (Å²) in [6.07, 6.45) is -5.54. The number of carbonyl (C=O) groups excluding carboxylic acids is 1. The number of halogens is 3. The number of benzene rings is 2. The number of amides is 1. The molecule has 164 valence electrons. The minimum Gasteiger partial charge on any atom is -0.488 e. The van der Waals surface area contributed by atoms with Gasteiger partial charge in [0.15, 0.2) is 11.5 Å². The Labute approximate surface area is 172 Å². The lowest BCUT2D eigenvalue weighted by Gasteiger charge is -2.20. The summed E-state index contributed by atoms with van der Waals surface area (Å²) in [5.41, 5.74) is 1.26. The van der Waals surface area contributed by atoms with Crippen LogP contribution in [0.5, 0.6) is 11.5 Å². The Balaban J connectivity index is 2.14. The lowest BCUT2D eigenvalue weighted by Crippen LogP contribution is -2.34. The Morgan fingerprint density at radius 3 is 2.37 bits per heavy atom. The molecule has 1 amide bonds. The molecule has 0 radical (unpaired) electrons. The molecule has 0 spiro atoms. The van der Waals surface area contributed by atoms with Crippen molar-refractivity contribution in [2.45, 2.75) is 39.3 Å². The first-order chi connectivity index (χ1) is 14.0. The summed E-state index contributed by atoms with van der Waals surface area (Å²) in [6, 6.07) is 11.0. The van der Waals surface area contributed by atoms with Crippen LogP contribution in [0.15, 0.2) is 42.5 Å². The van der Waals surface area contributed by atoms with E-state index in [2.05, 4.69) is 10.1 Å². The van der Waals surface area contributed by atoms with Gasteiger partial charge in [-0.1, -0.05) is 24.3 Å². The number of nitrogens with one attached hydrogen (secondary N) is 1. The second kappa shape index (κ2) is 9.71. The third-order valence-electron chi connectivity index (χ3n) is 3.64. The number of ether oxygens (including phenoxy) is 3. The van der Waals surface area contributed by atoms with Crippen LogP contribution in [-0.4, -0.2) is 36.3 Å². The van der Waals surface area contributed by atoms with E-state index in [4.69, 9.17) is 9.47 Å². The van der Waals surface area contributed by atoms with Crippen molar-refractivity contribution in [2.24, 2.45) is 0 Å². The largest absolute Gasteiger partial charge is 0.573 e. The van der Waals surface area contributed by atoms with Gasteiger partial charge in [-0.3, -0.25) is 0 Å². The Morgan fingerprint density at radius 1 is 1.03 bits per heavy atom. The van der Waals surface area contributed by atoms with E-state index >= 15 is 0 Å². The topological polar surface area (TPSA) is 77.0 Å². The molecule has 0 aromatic heterocycles. The number of alkyl halides is 3. The number of hydrogen-bond donors (Lipinski definition) is 2. The SMILES string of the molecule is CC(C)(C)OC(=O)NCCOc1cc(-c2cccc(CO)c2)ccc1OC(F)(F)F. The lowest BCUT2D eigenvalue weighted by atomic mass is 10.0. The molecule has 0 saturated heterocycles. The highest BCUT2D eigenvalue weighted by molar-refractivity contribution is 5.68. The van der Waals surface area contributed by atoms with Gasteiger partial charge in [0.05, 0.1) is 13.2 Å². The molecule has 6 nitrogen and oxygen atoms in total. The maximum absolute atomic E-state index is 12.7. The highest BCUT2D eigenvalue weighted by Gasteiger charge is 2.32. The molecule has 0 atom stereocenters. The molecule has 2 N–H and O–H groups in total. The first-order valence-corrected chi connectivity index (χ1v) is 9.16. The Hall–Kier alpha value is -2.94. The van der Waals surface area contributed by atoms with Gasteiger partial charge >= 0.3 is 12.5 Å². The van der Waals surface area contributed by atoms with E-state index in [1.165, 1.54) is 12.1 Å². The van der Waals surface area contributed by atoms with Crippen LogP contribution < -0.4 is 14.8 Å². The van der Waals surface area contributed by atoms with E-state index < -0.39 is 23.8 Å². The summed E-state index contributed by atoms with van der Waals surface area (Å²) in [4.78, 5) is 11.6. The van der Waals surface area contributed by atoms with Gasteiger partial charge in [-0.05, 0) is 55.7 Å². The molecular weight excluding hydrogens is 403 g/mol. The van der Waals surface area contributed by atoms with Crippen molar-refractivity contribution in [3.8, 4) is 22.6 Å². The molecule has 0 heterocycles. The average molecular weight is 427 g/mol. The summed E-state index contributed by atoms with van der Waals surface area (Å²) < 4.78 is 52.7. The van der Waals surface area contributed by atoms with Gasteiger partial charge < -0.3 is 24.6 Å². The van der Waals surface area contributed by atoms with Gasteiger partial charge in [0.1, 0.15) is 12.2 Å². The van der Waals surface area contributed by atoms with Crippen molar-refractivity contribution >= 4 is 6.09 Å². The van der Waals surface area contributed by atoms with E-state index in [0.29, 0.717) is 16.7 Å². The maximum Gasteiger partial charge on any atom is 0.573 e. The summed E-state index contributed by atoms with van der Waals surface area (Å²) in [7, 11) is 0.